The quantitative estimate of drug-likeness (QED) is 0.498. The van der Waals surface area contributed by atoms with E-state index in [0.29, 0.717) is 41.4 Å². The van der Waals surface area contributed by atoms with Crippen LogP contribution in [-0.2, 0) is 6.18 Å². The van der Waals surface area contributed by atoms with Gasteiger partial charge in [0.2, 0.25) is 11.8 Å². The van der Waals surface area contributed by atoms with E-state index in [9.17, 15) is 18.0 Å². The second kappa shape index (κ2) is 9.71. The van der Waals surface area contributed by atoms with Gasteiger partial charge in [-0.3, -0.25) is 10.3 Å². The van der Waals surface area contributed by atoms with E-state index in [2.05, 4.69) is 35.8 Å². The highest BCUT2D eigenvalue weighted by Crippen LogP contribution is 2.39. The van der Waals surface area contributed by atoms with Crippen LogP contribution < -0.4 is 10.6 Å². The zero-order chi connectivity index (χ0) is 24.3. The first kappa shape index (κ1) is 23.5. The third kappa shape index (κ3) is 5.30. The number of thiazole rings is 1. The fourth-order valence-corrected chi connectivity index (χ4v) is 4.11. The van der Waals surface area contributed by atoms with Gasteiger partial charge in [0.1, 0.15) is 10.8 Å². The maximum atomic E-state index is 13.2. The minimum atomic E-state index is -4.57. The minimum Gasteiger partial charge on any atom is -0.425 e. The van der Waals surface area contributed by atoms with E-state index >= 15 is 0 Å². The molecule has 2 N–H and O–H groups in total. The van der Waals surface area contributed by atoms with Crippen LogP contribution in [0.2, 0.25) is 0 Å². The molecule has 0 spiro atoms. The van der Waals surface area contributed by atoms with Crippen molar-refractivity contribution in [2.24, 2.45) is 4.99 Å². The largest absolute Gasteiger partial charge is 0.434 e. The van der Waals surface area contributed by atoms with Crippen LogP contribution in [0.5, 0.6) is 0 Å². The Hall–Kier alpha value is -3.61. The summed E-state index contributed by atoms with van der Waals surface area (Å²) >= 11 is 0.856. The number of carbonyl (C=O) groups is 1. The Morgan fingerprint density at radius 1 is 1.29 bits per heavy atom. The van der Waals surface area contributed by atoms with Crippen LogP contribution in [0, 0.1) is 6.92 Å². The number of aryl methyl sites for hydroxylation is 1. The van der Waals surface area contributed by atoms with Gasteiger partial charge >= 0.3 is 12.2 Å². The lowest BCUT2D eigenvalue weighted by Crippen LogP contribution is -2.29. The van der Waals surface area contributed by atoms with Crippen LogP contribution in [0.25, 0.3) is 16.1 Å². The summed E-state index contributed by atoms with van der Waals surface area (Å²) in [6, 6.07) is 1.04. The Bertz CT molecular complexity index is 1250. The van der Waals surface area contributed by atoms with E-state index in [4.69, 9.17) is 4.42 Å². The first-order chi connectivity index (χ1) is 16.2. The van der Waals surface area contributed by atoms with Crippen LogP contribution in [0.4, 0.5) is 23.8 Å². The Labute approximate surface area is 196 Å². The predicted octanol–water partition coefficient (Wildman–Crippen LogP) is 5.05. The SMILES string of the molecule is CCCNC(=O)Nc1cc(-c2nc(C(F)(F)F)cs2)c(C2=CN=CC(c3nnc(C)o3)C2)cn1. The minimum absolute atomic E-state index is 0.141. The van der Waals surface area contributed by atoms with Crippen molar-refractivity contribution in [1.29, 1.82) is 0 Å². The van der Waals surface area contributed by atoms with Crippen LogP contribution >= 0.6 is 11.3 Å². The van der Waals surface area contributed by atoms with Gasteiger partial charge in [0, 0.05) is 48.6 Å². The van der Waals surface area contributed by atoms with Crippen molar-refractivity contribution in [1.82, 2.24) is 25.5 Å². The number of amides is 2. The molecule has 0 saturated carbocycles. The Balaban J connectivity index is 1.70. The average Bonchev–Trinajstić information content (AvgIpc) is 3.47. The zero-order valence-electron chi connectivity index (χ0n) is 18.2. The van der Waals surface area contributed by atoms with Crippen molar-refractivity contribution >= 4 is 35.0 Å². The highest BCUT2D eigenvalue weighted by Gasteiger charge is 2.34. The predicted molar refractivity (Wildman–Crippen MR) is 121 cm³/mol. The lowest BCUT2D eigenvalue weighted by atomic mass is 9.92. The molecule has 0 aliphatic carbocycles. The van der Waals surface area contributed by atoms with Gasteiger partial charge < -0.3 is 9.73 Å². The summed E-state index contributed by atoms with van der Waals surface area (Å²) in [7, 11) is 0. The number of urea groups is 1. The molecule has 178 valence electrons. The fraction of sp³-hybridized carbons (Fsp3) is 0.333. The highest BCUT2D eigenvalue weighted by molar-refractivity contribution is 7.13. The summed E-state index contributed by atoms with van der Waals surface area (Å²) in [6.07, 6.45) is 1.36. The average molecular weight is 491 g/mol. The summed E-state index contributed by atoms with van der Waals surface area (Å²) in [5.74, 6) is 0.691. The van der Waals surface area contributed by atoms with Crippen molar-refractivity contribution in [2.45, 2.75) is 38.8 Å². The van der Waals surface area contributed by atoms with E-state index in [1.54, 1.807) is 19.3 Å². The molecule has 3 aromatic heterocycles. The fourth-order valence-electron chi connectivity index (χ4n) is 3.25. The zero-order valence-corrected chi connectivity index (χ0v) is 19.0. The molecule has 1 unspecified atom stereocenters. The van der Waals surface area contributed by atoms with E-state index < -0.39 is 17.9 Å². The van der Waals surface area contributed by atoms with Crippen molar-refractivity contribution in [3.63, 3.8) is 0 Å². The molecular formula is C21H20F3N7O2S. The molecule has 3 aromatic rings. The van der Waals surface area contributed by atoms with Gasteiger partial charge in [-0.05, 0) is 24.5 Å². The molecule has 13 heteroatoms. The number of hydrogen-bond acceptors (Lipinski definition) is 8. The van der Waals surface area contributed by atoms with Gasteiger partial charge in [0.05, 0.1) is 5.92 Å². The normalized spacial score (nSPS) is 15.8. The number of alkyl halides is 3. The van der Waals surface area contributed by atoms with E-state index in [1.165, 1.54) is 12.3 Å². The number of allylic oxidation sites excluding steroid dienone is 1. The monoisotopic (exact) mass is 491 g/mol. The Kier molecular flexibility index (Phi) is 6.72. The third-order valence-corrected chi connectivity index (χ3v) is 5.72. The van der Waals surface area contributed by atoms with E-state index in [1.807, 2.05) is 6.92 Å². The van der Waals surface area contributed by atoms with Gasteiger partial charge in [0.15, 0.2) is 5.69 Å². The number of aromatic nitrogens is 4. The summed E-state index contributed by atoms with van der Waals surface area (Å²) in [5, 5.41) is 14.2. The molecular weight excluding hydrogens is 471 g/mol. The summed E-state index contributed by atoms with van der Waals surface area (Å²) in [4.78, 5) is 24.4. The summed E-state index contributed by atoms with van der Waals surface area (Å²) < 4.78 is 45.1. The molecule has 0 fully saturated rings. The van der Waals surface area contributed by atoms with Crippen molar-refractivity contribution in [2.75, 3.05) is 11.9 Å². The Morgan fingerprint density at radius 2 is 2.12 bits per heavy atom. The third-order valence-electron chi connectivity index (χ3n) is 4.85. The van der Waals surface area contributed by atoms with Gasteiger partial charge in [-0.15, -0.1) is 21.5 Å². The van der Waals surface area contributed by atoms with Gasteiger partial charge in [-0.25, -0.2) is 14.8 Å². The topological polar surface area (TPSA) is 118 Å². The first-order valence-electron chi connectivity index (χ1n) is 10.3. The molecule has 0 aromatic carbocycles. The molecule has 0 radical (unpaired) electrons. The van der Waals surface area contributed by atoms with Gasteiger partial charge in [-0.1, -0.05) is 6.92 Å². The number of halogens is 3. The molecule has 1 aliphatic heterocycles. The molecule has 0 bridgehead atoms. The number of nitrogens with one attached hydrogen (secondary N) is 2. The van der Waals surface area contributed by atoms with Crippen LogP contribution in [-0.4, -0.2) is 39.0 Å². The maximum Gasteiger partial charge on any atom is 0.434 e. The van der Waals surface area contributed by atoms with Crippen molar-refractivity contribution < 1.29 is 22.4 Å². The van der Waals surface area contributed by atoms with E-state index in [-0.39, 0.29) is 16.7 Å². The molecule has 4 rings (SSSR count). The molecule has 4 heterocycles. The number of pyridine rings is 1. The second-order valence-electron chi connectivity index (χ2n) is 7.45. The molecule has 34 heavy (non-hydrogen) atoms. The standard InChI is InChI=1S/C21H20F3N7O2S/c1-3-4-26-20(32)29-17-6-14(19-28-16(10-34-19)21(22,23)24)15(9-27-17)12-5-13(8-25-7-12)18-31-30-11(2)33-18/h6-10,13H,3-5H2,1-2H3,(H2,26,27,29,32). The van der Waals surface area contributed by atoms with Crippen LogP contribution in [0.1, 0.15) is 48.7 Å². The lowest BCUT2D eigenvalue weighted by Gasteiger charge is -2.17. The molecule has 2 amide bonds. The number of carbonyl (C=O) groups excluding carboxylic acids is 1. The number of aliphatic imine (C=N–C) groups is 1. The highest BCUT2D eigenvalue weighted by atomic mass is 32.1. The maximum absolute atomic E-state index is 13.2. The first-order valence-corrected chi connectivity index (χ1v) is 11.2. The van der Waals surface area contributed by atoms with Crippen LogP contribution in [0.15, 0.2) is 33.3 Å². The second-order valence-corrected chi connectivity index (χ2v) is 8.31. The number of rotatable bonds is 6. The lowest BCUT2D eigenvalue weighted by molar-refractivity contribution is -0.140. The summed E-state index contributed by atoms with van der Waals surface area (Å²) in [6.45, 7) is 4.06. The smallest absolute Gasteiger partial charge is 0.425 e. The molecule has 0 saturated heterocycles. The number of nitrogens with zero attached hydrogens (tertiary/aromatic N) is 5. The Morgan fingerprint density at radius 3 is 2.79 bits per heavy atom. The van der Waals surface area contributed by atoms with Crippen molar-refractivity contribution in [3.8, 4) is 10.6 Å². The number of anilines is 1. The van der Waals surface area contributed by atoms with E-state index in [0.717, 1.165) is 23.1 Å². The van der Waals surface area contributed by atoms with Gasteiger partial charge in [-0.2, -0.15) is 13.2 Å². The molecule has 9 nitrogen and oxygen atoms in total. The molecule has 1 atom stereocenters. The van der Waals surface area contributed by atoms with Crippen LogP contribution in [0.3, 0.4) is 0 Å². The molecule has 1 aliphatic rings. The van der Waals surface area contributed by atoms with Crippen molar-refractivity contribution in [3.05, 3.63) is 46.9 Å². The number of hydrogen-bond donors (Lipinski definition) is 2. The summed E-state index contributed by atoms with van der Waals surface area (Å²) in [5.41, 5.74) is 0.655. The van der Waals surface area contributed by atoms with Gasteiger partial charge in [0.25, 0.3) is 0 Å².